The van der Waals surface area contributed by atoms with Crippen molar-refractivity contribution in [1.29, 1.82) is 0 Å². The van der Waals surface area contributed by atoms with E-state index in [4.69, 9.17) is 5.11 Å². The molecule has 0 radical (unpaired) electrons. The smallest absolute Gasteiger partial charge is 0.321 e. The fourth-order valence-electron chi connectivity index (χ4n) is 1.26. The summed E-state index contributed by atoms with van der Waals surface area (Å²) in [7, 11) is 3.63. The molecule has 0 unspecified atom stereocenters. The molecule has 58 valence electrons. The lowest BCUT2D eigenvalue weighted by atomic mass is 10.2. The third-order valence-corrected chi connectivity index (χ3v) is 1.88. The van der Waals surface area contributed by atoms with Gasteiger partial charge < -0.3 is 5.11 Å². The van der Waals surface area contributed by atoms with Gasteiger partial charge in [-0.15, -0.1) is 0 Å². The maximum Gasteiger partial charge on any atom is 0.321 e. The average Bonchev–Trinajstić information content (AvgIpc) is 2.46. The minimum Gasteiger partial charge on any atom is -0.480 e. The van der Waals surface area contributed by atoms with Crippen molar-refractivity contribution in [2.45, 2.75) is 18.9 Å². The number of carbonyl (C=O) groups is 1. The van der Waals surface area contributed by atoms with E-state index < -0.39 is 5.97 Å². The number of aliphatic carboxylic acids is 1. The third kappa shape index (κ3) is 1.48. The predicted octanol–water partition coefficient (Wildman–Crippen LogP) is 0.411. The maximum absolute atomic E-state index is 10.6. The Kier molecular flexibility index (Phi) is 1.94. The average molecular weight is 143 g/mol. The quantitative estimate of drug-likeness (QED) is 0.622. The van der Waals surface area contributed by atoms with Gasteiger partial charge in [-0.25, -0.2) is 0 Å². The lowest BCUT2D eigenvalue weighted by Gasteiger charge is -2.18. The number of carboxylic acid groups (broad SMARTS) is 1. The molecule has 1 N–H and O–H groups in total. The van der Waals surface area contributed by atoms with Gasteiger partial charge in [-0.3, -0.25) is 9.69 Å². The first kappa shape index (κ1) is 7.54. The van der Waals surface area contributed by atoms with E-state index in [9.17, 15) is 4.79 Å². The molecule has 0 heterocycles. The lowest BCUT2D eigenvalue weighted by Crippen LogP contribution is -2.37. The van der Waals surface area contributed by atoms with Gasteiger partial charge in [-0.05, 0) is 32.9 Å². The minimum atomic E-state index is -0.687. The van der Waals surface area contributed by atoms with Crippen molar-refractivity contribution in [3.63, 3.8) is 0 Å². The van der Waals surface area contributed by atoms with Crippen molar-refractivity contribution in [2.75, 3.05) is 14.1 Å². The summed E-state index contributed by atoms with van der Waals surface area (Å²) in [5, 5.41) is 8.71. The van der Waals surface area contributed by atoms with Crippen LogP contribution in [-0.4, -0.2) is 36.1 Å². The van der Waals surface area contributed by atoms with Crippen molar-refractivity contribution in [1.82, 2.24) is 4.90 Å². The van der Waals surface area contributed by atoms with Crippen LogP contribution in [0.15, 0.2) is 0 Å². The van der Waals surface area contributed by atoms with Gasteiger partial charge in [0.2, 0.25) is 0 Å². The summed E-state index contributed by atoms with van der Waals surface area (Å²) < 4.78 is 0. The molecule has 3 nitrogen and oxygen atoms in total. The van der Waals surface area contributed by atoms with E-state index >= 15 is 0 Å². The minimum absolute atomic E-state index is 0.250. The fourth-order valence-corrected chi connectivity index (χ4v) is 1.26. The Bertz CT molecular complexity index is 139. The zero-order valence-corrected chi connectivity index (χ0v) is 6.37. The second-order valence-electron chi connectivity index (χ2n) is 3.08. The largest absolute Gasteiger partial charge is 0.480 e. The highest BCUT2D eigenvalue weighted by Gasteiger charge is 2.37. The number of carboxylic acids is 1. The Labute approximate surface area is 60.6 Å². The Morgan fingerprint density at radius 1 is 1.60 bits per heavy atom. The van der Waals surface area contributed by atoms with E-state index in [2.05, 4.69) is 0 Å². The van der Waals surface area contributed by atoms with E-state index in [-0.39, 0.29) is 6.04 Å². The molecule has 1 saturated carbocycles. The zero-order chi connectivity index (χ0) is 7.72. The van der Waals surface area contributed by atoms with Crippen molar-refractivity contribution in [2.24, 2.45) is 5.92 Å². The molecule has 1 aliphatic carbocycles. The van der Waals surface area contributed by atoms with Gasteiger partial charge in [0.05, 0.1) is 0 Å². The van der Waals surface area contributed by atoms with Crippen molar-refractivity contribution < 1.29 is 9.90 Å². The number of nitrogens with zero attached hydrogens (tertiary/aromatic N) is 1. The molecular formula is C7H13NO2. The van der Waals surface area contributed by atoms with Gasteiger partial charge in [-0.2, -0.15) is 0 Å². The highest BCUT2D eigenvalue weighted by atomic mass is 16.4. The summed E-state index contributed by atoms with van der Waals surface area (Å²) in [4.78, 5) is 12.4. The van der Waals surface area contributed by atoms with E-state index in [1.165, 1.54) is 0 Å². The van der Waals surface area contributed by atoms with Gasteiger partial charge in [0.1, 0.15) is 6.04 Å². The first-order valence-corrected chi connectivity index (χ1v) is 3.52. The Hall–Kier alpha value is -0.570. The standard InChI is InChI=1S/C7H13NO2/c1-8(2)6(7(9)10)5-3-4-5/h5-6H,3-4H2,1-2H3,(H,9,10)/t6-/m0/s1. The van der Waals surface area contributed by atoms with Gasteiger partial charge in [0, 0.05) is 0 Å². The summed E-state index contributed by atoms with van der Waals surface area (Å²) in [5.74, 6) is -0.278. The highest BCUT2D eigenvalue weighted by molar-refractivity contribution is 5.74. The van der Waals surface area contributed by atoms with Crippen LogP contribution in [0.2, 0.25) is 0 Å². The molecule has 1 atom stereocenters. The molecule has 0 bridgehead atoms. The molecule has 0 spiro atoms. The van der Waals surface area contributed by atoms with Crippen LogP contribution in [0, 0.1) is 5.92 Å². The molecule has 1 aliphatic rings. The Morgan fingerprint density at radius 3 is 2.20 bits per heavy atom. The molecule has 1 fully saturated rings. The van der Waals surface area contributed by atoms with Crippen LogP contribution in [0.5, 0.6) is 0 Å². The molecule has 1 rings (SSSR count). The summed E-state index contributed by atoms with van der Waals surface area (Å²) in [6, 6.07) is -0.250. The highest BCUT2D eigenvalue weighted by Crippen LogP contribution is 2.34. The summed E-state index contributed by atoms with van der Waals surface area (Å²) in [6.07, 6.45) is 2.16. The molecule has 0 aromatic carbocycles. The van der Waals surface area contributed by atoms with Crippen molar-refractivity contribution >= 4 is 5.97 Å². The molecule has 3 heteroatoms. The van der Waals surface area contributed by atoms with Gasteiger partial charge in [0.15, 0.2) is 0 Å². The predicted molar refractivity (Wildman–Crippen MR) is 37.8 cm³/mol. The van der Waals surface area contributed by atoms with Crippen molar-refractivity contribution in [3.05, 3.63) is 0 Å². The number of rotatable bonds is 3. The second kappa shape index (κ2) is 2.58. The van der Waals surface area contributed by atoms with Crippen LogP contribution < -0.4 is 0 Å². The van der Waals surface area contributed by atoms with Crippen LogP contribution in [-0.2, 0) is 4.79 Å². The molecule has 0 amide bonds. The first-order chi connectivity index (χ1) is 4.63. The van der Waals surface area contributed by atoms with E-state index in [0.717, 1.165) is 12.8 Å². The third-order valence-electron chi connectivity index (χ3n) is 1.88. The van der Waals surface area contributed by atoms with Crippen LogP contribution >= 0.6 is 0 Å². The monoisotopic (exact) mass is 143 g/mol. The van der Waals surface area contributed by atoms with E-state index in [1.807, 2.05) is 14.1 Å². The van der Waals surface area contributed by atoms with Crippen LogP contribution in [0.4, 0.5) is 0 Å². The van der Waals surface area contributed by atoms with E-state index in [0.29, 0.717) is 5.92 Å². The molecule has 0 saturated heterocycles. The Morgan fingerprint density at radius 2 is 2.10 bits per heavy atom. The zero-order valence-electron chi connectivity index (χ0n) is 6.37. The maximum atomic E-state index is 10.6. The second-order valence-corrected chi connectivity index (χ2v) is 3.08. The summed E-state index contributed by atoms with van der Waals surface area (Å²) in [6.45, 7) is 0. The Balaban J connectivity index is 2.49. The molecular weight excluding hydrogens is 130 g/mol. The van der Waals surface area contributed by atoms with Gasteiger partial charge >= 0.3 is 5.97 Å². The number of hydrogen-bond acceptors (Lipinski definition) is 2. The van der Waals surface area contributed by atoms with Crippen molar-refractivity contribution in [3.8, 4) is 0 Å². The summed E-state index contributed by atoms with van der Waals surface area (Å²) >= 11 is 0. The van der Waals surface area contributed by atoms with E-state index in [1.54, 1.807) is 4.90 Å². The van der Waals surface area contributed by atoms with Crippen LogP contribution in [0.1, 0.15) is 12.8 Å². The van der Waals surface area contributed by atoms with Gasteiger partial charge in [0.25, 0.3) is 0 Å². The molecule has 10 heavy (non-hydrogen) atoms. The molecule has 0 aromatic rings. The SMILES string of the molecule is CN(C)[C@H](C(=O)O)C1CC1. The fraction of sp³-hybridized carbons (Fsp3) is 0.857. The normalized spacial score (nSPS) is 21.1. The molecule has 0 aliphatic heterocycles. The molecule has 0 aromatic heterocycles. The van der Waals surface area contributed by atoms with Gasteiger partial charge in [-0.1, -0.05) is 0 Å². The van der Waals surface area contributed by atoms with Crippen LogP contribution in [0.25, 0.3) is 0 Å². The topological polar surface area (TPSA) is 40.5 Å². The summed E-state index contributed by atoms with van der Waals surface area (Å²) in [5.41, 5.74) is 0. The first-order valence-electron chi connectivity index (χ1n) is 3.52. The lowest BCUT2D eigenvalue weighted by molar-refractivity contribution is -0.143. The number of likely N-dealkylation sites (N-methyl/N-ethyl adjacent to an activating group) is 1. The van der Waals surface area contributed by atoms with Crippen LogP contribution in [0.3, 0.4) is 0 Å². The number of hydrogen-bond donors (Lipinski definition) is 1.